The first-order valence-electron chi connectivity index (χ1n) is 13.3. The topological polar surface area (TPSA) is 77.4 Å². The summed E-state index contributed by atoms with van der Waals surface area (Å²) in [5, 5.41) is 17.7. The Hall–Kier alpha value is -3.68. The largest absolute Gasteiger partial charge is 0.491 e. The molecular weight excluding hydrogens is 492 g/mol. The monoisotopic (exact) mass is 526 g/mol. The Balaban J connectivity index is 1.50. The maximum atomic E-state index is 8.87. The molecule has 1 aliphatic rings. The zero-order valence-corrected chi connectivity index (χ0v) is 21.9. The van der Waals surface area contributed by atoms with E-state index in [2.05, 4.69) is 72.8 Å². The molecule has 39 heavy (non-hydrogen) atoms. The lowest BCUT2D eigenvalue weighted by Gasteiger charge is -2.34. The zero-order valence-electron chi connectivity index (χ0n) is 21.9. The molecule has 0 spiro atoms. The molecule has 0 unspecified atom stereocenters. The van der Waals surface area contributed by atoms with E-state index in [9.17, 15) is 0 Å². The van der Waals surface area contributed by atoms with Gasteiger partial charge in [0.05, 0.1) is 45.1 Å². The van der Waals surface area contributed by atoms with E-state index in [1.165, 1.54) is 22.3 Å². The summed E-state index contributed by atoms with van der Waals surface area (Å²) in [6.45, 7) is 2.32. The van der Waals surface area contributed by atoms with Gasteiger partial charge in [-0.25, -0.2) is 0 Å². The van der Waals surface area contributed by atoms with E-state index >= 15 is 0 Å². The number of fused-ring (bicyclic) bond motifs is 3. The highest BCUT2D eigenvalue weighted by Crippen LogP contribution is 2.56. The molecule has 0 saturated heterocycles. The first-order valence-corrected chi connectivity index (χ1v) is 13.3. The molecule has 0 heterocycles. The molecule has 6 heteroatoms. The van der Waals surface area contributed by atoms with Gasteiger partial charge in [-0.1, -0.05) is 72.8 Å². The van der Waals surface area contributed by atoms with Crippen molar-refractivity contribution < 1.29 is 29.2 Å². The van der Waals surface area contributed by atoms with E-state index in [-0.39, 0.29) is 13.2 Å². The lowest BCUT2D eigenvalue weighted by Crippen LogP contribution is -2.28. The predicted molar refractivity (Wildman–Crippen MR) is 151 cm³/mol. The van der Waals surface area contributed by atoms with Crippen LogP contribution in [0.2, 0.25) is 0 Å². The average molecular weight is 527 g/mol. The Bertz CT molecular complexity index is 1230. The van der Waals surface area contributed by atoms with Crippen molar-refractivity contribution in [3.63, 3.8) is 0 Å². The molecule has 0 fully saturated rings. The van der Waals surface area contributed by atoms with Crippen LogP contribution in [0.4, 0.5) is 0 Å². The second-order valence-electron chi connectivity index (χ2n) is 9.26. The number of benzene rings is 4. The third-order valence-electron chi connectivity index (χ3n) is 6.99. The summed E-state index contributed by atoms with van der Waals surface area (Å²) in [6.07, 6.45) is 0. The fraction of sp³-hybridized carbons (Fsp3) is 0.273. The van der Waals surface area contributed by atoms with Gasteiger partial charge in [0.15, 0.2) is 0 Å². The van der Waals surface area contributed by atoms with Crippen molar-refractivity contribution in [2.24, 2.45) is 0 Å². The predicted octanol–water partition coefficient (Wildman–Crippen LogP) is 4.83. The third-order valence-corrected chi connectivity index (χ3v) is 6.99. The highest BCUT2D eigenvalue weighted by atomic mass is 16.5. The van der Waals surface area contributed by atoms with Crippen molar-refractivity contribution in [2.75, 3.05) is 52.9 Å². The van der Waals surface area contributed by atoms with Crippen LogP contribution < -0.4 is 9.47 Å². The third kappa shape index (κ3) is 5.56. The van der Waals surface area contributed by atoms with E-state index in [1.54, 1.807) is 0 Å². The van der Waals surface area contributed by atoms with Crippen molar-refractivity contribution in [2.45, 2.75) is 5.41 Å². The Morgan fingerprint density at radius 2 is 0.872 bits per heavy atom. The van der Waals surface area contributed by atoms with E-state index in [0.717, 1.165) is 22.6 Å². The van der Waals surface area contributed by atoms with Gasteiger partial charge in [-0.2, -0.15) is 0 Å². The second-order valence-corrected chi connectivity index (χ2v) is 9.26. The molecule has 4 aromatic rings. The first-order chi connectivity index (χ1) is 19.3. The highest BCUT2D eigenvalue weighted by molar-refractivity contribution is 5.86. The SMILES string of the molecule is OCCOCCOc1ccc(C2(c3ccc(OCCOCCO)cc3)c3ccccc3-c3ccccc32)cc1. The molecule has 0 aliphatic heterocycles. The van der Waals surface area contributed by atoms with E-state index in [1.807, 2.05) is 24.3 Å². The van der Waals surface area contributed by atoms with Gasteiger partial charge in [-0.05, 0) is 57.6 Å². The fourth-order valence-corrected chi connectivity index (χ4v) is 5.40. The number of ether oxygens (including phenoxy) is 4. The minimum Gasteiger partial charge on any atom is -0.491 e. The number of hydrogen-bond acceptors (Lipinski definition) is 6. The summed E-state index contributed by atoms with van der Waals surface area (Å²) in [6, 6.07) is 33.9. The average Bonchev–Trinajstić information content (AvgIpc) is 3.29. The van der Waals surface area contributed by atoms with Crippen LogP contribution in [0, 0.1) is 0 Å². The molecule has 6 nitrogen and oxygen atoms in total. The van der Waals surface area contributed by atoms with Gasteiger partial charge >= 0.3 is 0 Å². The molecule has 0 amide bonds. The minimum absolute atomic E-state index is 0.00583. The molecular formula is C33H34O6. The minimum atomic E-state index is -0.501. The summed E-state index contributed by atoms with van der Waals surface area (Å²) in [5.41, 5.74) is 6.74. The van der Waals surface area contributed by atoms with Crippen LogP contribution in [0.5, 0.6) is 11.5 Å². The highest BCUT2D eigenvalue weighted by Gasteiger charge is 2.45. The van der Waals surface area contributed by atoms with E-state index < -0.39 is 5.41 Å². The molecule has 2 N–H and O–H groups in total. The maximum absolute atomic E-state index is 8.87. The summed E-state index contributed by atoms with van der Waals surface area (Å²) >= 11 is 0. The van der Waals surface area contributed by atoms with Crippen LogP contribution in [0.1, 0.15) is 22.3 Å². The number of rotatable bonds is 14. The maximum Gasteiger partial charge on any atom is 0.119 e. The molecule has 202 valence electrons. The van der Waals surface area contributed by atoms with E-state index in [4.69, 9.17) is 29.2 Å². The Kier molecular flexibility index (Phi) is 8.91. The number of hydrogen-bond donors (Lipinski definition) is 2. The van der Waals surface area contributed by atoms with Crippen molar-refractivity contribution in [1.82, 2.24) is 0 Å². The summed E-state index contributed by atoms with van der Waals surface area (Å²) in [7, 11) is 0. The quantitative estimate of drug-likeness (QED) is 0.202. The van der Waals surface area contributed by atoms with Crippen molar-refractivity contribution in [3.8, 4) is 22.6 Å². The van der Waals surface area contributed by atoms with E-state index in [0.29, 0.717) is 39.6 Å². The molecule has 4 aromatic carbocycles. The molecule has 0 saturated carbocycles. The normalized spacial score (nSPS) is 13.1. The molecule has 0 bridgehead atoms. The van der Waals surface area contributed by atoms with Gasteiger partial charge in [0.1, 0.15) is 24.7 Å². The smallest absolute Gasteiger partial charge is 0.119 e. The van der Waals surface area contributed by atoms with Crippen molar-refractivity contribution in [3.05, 3.63) is 119 Å². The summed E-state index contributed by atoms with van der Waals surface area (Å²) in [4.78, 5) is 0. The van der Waals surface area contributed by atoms with Gasteiger partial charge in [0.25, 0.3) is 0 Å². The van der Waals surface area contributed by atoms with Crippen LogP contribution in [0.15, 0.2) is 97.1 Å². The second kappa shape index (κ2) is 12.9. The zero-order chi connectivity index (χ0) is 26.9. The molecule has 0 radical (unpaired) electrons. The molecule has 1 aliphatic carbocycles. The molecule has 0 aromatic heterocycles. The molecule has 5 rings (SSSR count). The summed E-state index contributed by atoms with van der Waals surface area (Å²) in [5.74, 6) is 1.54. The van der Waals surface area contributed by atoms with Crippen LogP contribution in [0.25, 0.3) is 11.1 Å². The lowest BCUT2D eigenvalue weighted by atomic mass is 9.68. The van der Waals surface area contributed by atoms with Gasteiger partial charge in [-0.3, -0.25) is 0 Å². The van der Waals surface area contributed by atoms with Gasteiger partial charge in [-0.15, -0.1) is 0 Å². The standard InChI is InChI=1S/C33H34O6/c34-17-19-36-21-23-38-27-13-9-25(10-14-27)33(26-11-15-28(16-12-26)39-24-22-37-20-18-35)31-7-3-1-5-29(31)30-6-2-4-8-32(30)33/h1-16,34-35H,17-24H2. The lowest BCUT2D eigenvalue weighted by molar-refractivity contribution is 0.0705. The van der Waals surface area contributed by atoms with Crippen LogP contribution >= 0.6 is 0 Å². The Morgan fingerprint density at radius 3 is 1.28 bits per heavy atom. The Labute approximate surface area is 229 Å². The van der Waals surface area contributed by atoms with Crippen molar-refractivity contribution >= 4 is 0 Å². The van der Waals surface area contributed by atoms with Crippen molar-refractivity contribution in [1.29, 1.82) is 0 Å². The number of aliphatic hydroxyl groups excluding tert-OH is 2. The number of aliphatic hydroxyl groups is 2. The van der Waals surface area contributed by atoms with Crippen LogP contribution in [-0.2, 0) is 14.9 Å². The molecule has 0 atom stereocenters. The Morgan fingerprint density at radius 1 is 0.462 bits per heavy atom. The van der Waals surface area contributed by atoms with Crippen LogP contribution in [-0.4, -0.2) is 63.1 Å². The first kappa shape index (κ1) is 26.9. The fourth-order valence-electron chi connectivity index (χ4n) is 5.40. The van der Waals surface area contributed by atoms with Gasteiger partial charge in [0.2, 0.25) is 0 Å². The van der Waals surface area contributed by atoms with Gasteiger partial charge in [0, 0.05) is 0 Å². The van der Waals surface area contributed by atoms with Gasteiger partial charge < -0.3 is 29.2 Å². The summed E-state index contributed by atoms with van der Waals surface area (Å²) < 4.78 is 22.4. The van der Waals surface area contributed by atoms with Crippen LogP contribution in [0.3, 0.4) is 0 Å².